The first kappa shape index (κ1) is 40.2. The molecule has 0 atom stereocenters. The Morgan fingerprint density at radius 3 is 0.519 bits per heavy atom. The van der Waals surface area contributed by atoms with Crippen LogP contribution in [0.5, 0.6) is 0 Å². The molecule has 0 unspecified atom stereocenters. The minimum Gasteiger partial charge on any atom is -0.0561 e. The van der Waals surface area contributed by atoms with Gasteiger partial charge in [0.2, 0.25) is 0 Å². The van der Waals surface area contributed by atoms with Gasteiger partial charge in [0.05, 0.1) is 0 Å². The van der Waals surface area contributed by atoms with Crippen LogP contribution in [0.1, 0.15) is 150 Å². The molecule has 0 heterocycles. The molecule has 0 nitrogen and oxygen atoms in total. The maximum absolute atomic E-state index is 2.37. The Morgan fingerprint density at radius 1 is 0.222 bits per heavy atom. The molecule has 0 spiro atoms. The van der Waals surface area contributed by atoms with Crippen LogP contribution in [-0.2, 0) is 21.7 Å². The molecule has 0 aliphatic rings. The molecule has 0 N–H and O–H groups in total. The summed E-state index contributed by atoms with van der Waals surface area (Å²) in [6.07, 6.45) is 17.7. The van der Waals surface area contributed by atoms with Crippen molar-refractivity contribution in [1.82, 2.24) is 0 Å². The number of benzene rings is 5. The second kappa shape index (κ2) is 16.2. The summed E-state index contributed by atoms with van der Waals surface area (Å²) in [6.45, 7) is 27.4. The molecule has 0 aromatic heterocycles. The second-order valence-corrected chi connectivity index (χ2v) is 19.0. The maximum Gasteiger partial charge on any atom is -0.0132 e. The second-order valence-electron chi connectivity index (χ2n) is 19.0. The third-order valence-corrected chi connectivity index (χ3v) is 10.1. The van der Waals surface area contributed by atoms with Gasteiger partial charge in [-0.3, -0.25) is 0 Å². The number of hydrogen-bond donors (Lipinski definition) is 0. The minimum absolute atomic E-state index is 0.110. The highest BCUT2D eigenvalue weighted by Crippen LogP contribution is 2.32. The molecule has 0 bridgehead atoms. The van der Waals surface area contributed by atoms with E-state index in [9.17, 15) is 0 Å². The van der Waals surface area contributed by atoms with Crippen molar-refractivity contribution < 1.29 is 0 Å². The molecule has 0 aliphatic heterocycles. The smallest absolute Gasteiger partial charge is 0.0132 e. The number of hydrogen-bond acceptors (Lipinski definition) is 0. The van der Waals surface area contributed by atoms with Crippen molar-refractivity contribution in [2.45, 2.75) is 105 Å². The third-order valence-electron chi connectivity index (χ3n) is 10.1. The zero-order valence-electron chi connectivity index (χ0n) is 35.0. The fraction of sp³-hybridized carbons (Fsp3) is 0.296. The summed E-state index contributed by atoms with van der Waals surface area (Å²) < 4.78 is 0. The van der Waals surface area contributed by atoms with Crippen LogP contribution in [0.2, 0.25) is 0 Å². The van der Waals surface area contributed by atoms with Crippen molar-refractivity contribution >= 4 is 48.6 Å². The molecule has 278 valence electrons. The molecule has 5 rings (SSSR count). The van der Waals surface area contributed by atoms with Gasteiger partial charge in [0.15, 0.2) is 0 Å². The lowest BCUT2D eigenvalue weighted by Gasteiger charge is -2.25. The highest BCUT2D eigenvalue weighted by Gasteiger charge is 2.21. The Labute approximate surface area is 328 Å². The van der Waals surface area contributed by atoms with Crippen molar-refractivity contribution in [2.24, 2.45) is 0 Å². The predicted molar refractivity (Wildman–Crippen MR) is 243 cm³/mol. The standard InChI is InChI=1S/C54H62/c1-51(2,3)47-33-45(34-48(37-47)52(4,5)6)31-29-43-25-21-41(22-26-43)19-17-39-13-15-40(16-14-39)18-20-42-23-27-44(28-24-42)30-32-46-35-49(53(7,8)9)38-50(36-46)54(10,11)12/h13-38H,1-12H3/b19-17+,20-18+,31-29+,32-30+. The fourth-order valence-electron chi connectivity index (χ4n) is 6.15. The van der Waals surface area contributed by atoms with Gasteiger partial charge in [-0.15, -0.1) is 0 Å². The lowest BCUT2D eigenvalue weighted by molar-refractivity contribution is 0.568. The van der Waals surface area contributed by atoms with Gasteiger partial charge in [-0.2, -0.15) is 0 Å². The van der Waals surface area contributed by atoms with E-state index < -0.39 is 0 Å². The van der Waals surface area contributed by atoms with Gasteiger partial charge in [-0.1, -0.05) is 241 Å². The van der Waals surface area contributed by atoms with Crippen molar-refractivity contribution in [1.29, 1.82) is 0 Å². The van der Waals surface area contributed by atoms with Gasteiger partial charge < -0.3 is 0 Å². The molecule has 5 aromatic carbocycles. The lowest BCUT2D eigenvalue weighted by Crippen LogP contribution is -2.16. The normalized spacial score (nSPS) is 13.3. The maximum atomic E-state index is 2.37. The van der Waals surface area contributed by atoms with E-state index in [2.05, 4.69) is 241 Å². The predicted octanol–water partition coefficient (Wildman–Crippen LogP) is 15.6. The first-order valence-corrected chi connectivity index (χ1v) is 19.6. The summed E-state index contributed by atoms with van der Waals surface area (Å²) in [7, 11) is 0. The Balaban J connectivity index is 1.18. The average molecular weight is 711 g/mol. The molecule has 5 aromatic rings. The van der Waals surface area contributed by atoms with E-state index in [1.54, 1.807) is 0 Å². The molecule has 0 heteroatoms. The van der Waals surface area contributed by atoms with Crippen molar-refractivity contribution in [2.75, 3.05) is 0 Å². The summed E-state index contributed by atoms with van der Waals surface area (Å²) >= 11 is 0. The number of rotatable bonds is 8. The van der Waals surface area contributed by atoms with Crippen LogP contribution in [-0.4, -0.2) is 0 Å². The van der Waals surface area contributed by atoms with Crippen molar-refractivity contribution in [3.63, 3.8) is 0 Å². The van der Waals surface area contributed by atoms with E-state index in [1.807, 2.05) is 0 Å². The van der Waals surface area contributed by atoms with Crippen LogP contribution in [0.15, 0.2) is 109 Å². The quantitative estimate of drug-likeness (QED) is 0.141. The van der Waals surface area contributed by atoms with E-state index in [-0.39, 0.29) is 21.7 Å². The highest BCUT2D eigenvalue weighted by atomic mass is 14.3. The van der Waals surface area contributed by atoms with Crippen LogP contribution in [0.4, 0.5) is 0 Å². The van der Waals surface area contributed by atoms with Gasteiger partial charge in [-0.25, -0.2) is 0 Å². The summed E-state index contributed by atoms with van der Waals surface area (Å²) in [5, 5.41) is 0. The van der Waals surface area contributed by atoms with Crippen LogP contribution < -0.4 is 0 Å². The Hall–Kier alpha value is -4.94. The highest BCUT2D eigenvalue weighted by molar-refractivity contribution is 5.76. The van der Waals surface area contributed by atoms with Gasteiger partial charge >= 0.3 is 0 Å². The summed E-state index contributed by atoms with van der Waals surface area (Å²) in [5.41, 5.74) is 15.6. The van der Waals surface area contributed by atoms with Crippen LogP contribution in [0.25, 0.3) is 48.6 Å². The summed E-state index contributed by atoms with van der Waals surface area (Å²) in [4.78, 5) is 0. The summed E-state index contributed by atoms with van der Waals surface area (Å²) in [6, 6.07) is 40.3. The molecule has 0 fully saturated rings. The molecule has 0 radical (unpaired) electrons. The zero-order chi connectivity index (χ0) is 39.3. The Kier molecular flexibility index (Phi) is 12.1. The monoisotopic (exact) mass is 710 g/mol. The average Bonchev–Trinajstić information content (AvgIpc) is 3.11. The van der Waals surface area contributed by atoms with E-state index in [0.29, 0.717) is 0 Å². The van der Waals surface area contributed by atoms with E-state index in [0.717, 1.165) is 0 Å². The Morgan fingerprint density at radius 2 is 0.370 bits per heavy atom. The molecule has 0 aliphatic carbocycles. The SMILES string of the molecule is CC(C)(C)c1cc(/C=C/c2ccc(/C=C/c3ccc(/C=C/c4ccc(/C=C/c5cc(C(C)(C)C)cc(C(C)(C)C)c5)cc4)cc3)cc2)cc(C(C)(C)C)c1. The first-order valence-electron chi connectivity index (χ1n) is 19.6. The minimum atomic E-state index is 0.110. The lowest BCUT2D eigenvalue weighted by atomic mass is 9.79. The van der Waals surface area contributed by atoms with E-state index in [1.165, 1.54) is 66.8 Å². The molecule has 0 saturated carbocycles. The molecule has 0 amide bonds. The van der Waals surface area contributed by atoms with E-state index in [4.69, 9.17) is 0 Å². The van der Waals surface area contributed by atoms with Crippen LogP contribution in [0.3, 0.4) is 0 Å². The topological polar surface area (TPSA) is 0 Å². The molecular formula is C54H62. The zero-order valence-corrected chi connectivity index (χ0v) is 35.0. The van der Waals surface area contributed by atoms with Gasteiger partial charge in [-0.05, 0) is 88.4 Å². The van der Waals surface area contributed by atoms with Crippen molar-refractivity contribution in [3.05, 3.63) is 176 Å². The fourth-order valence-corrected chi connectivity index (χ4v) is 6.15. The van der Waals surface area contributed by atoms with Crippen molar-refractivity contribution in [3.8, 4) is 0 Å². The van der Waals surface area contributed by atoms with E-state index >= 15 is 0 Å². The molecule has 54 heavy (non-hydrogen) atoms. The first-order chi connectivity index (χ1) is 25.2. The largest absolute Gasteiger partial charge is 0.0561 e. The van der Waals surface area contributed by atoms with Gasteiger partial charge in [0.25, 0.3) is 0 Å². The third kappa shape index (κ3) is 11.5. The van der Waals surface area contributed by atoms with Crippen LogP contribution in [0, 0.1) is 0 Å². The van der Waals surface area contributed by atoms with Gasteiger partial charge in [0, 0.05) is 0 Å². The molecular weight excluding hydrogens is 649 g/mol. The van der Waals surface area contributed by atoms with Crippen LogP contribution >= 0.6 is 0 Å². The molecule has 0 saturated heterocycles. The Bertz CT molecular complexity index is 1910. The van der Waals surface area contributed by atoms with Gasteiger partial charge in [0.1, 0.15) is 0 Å². The summed E-state index contributed by atoms with van der Waals surface area (Å²) in [5.74, 6) is 0.